The number of halogens is 5. The average Bonchev–Trinajstić information content (AvgIpc) is 2.57. The van der Waals surface area contributed by atoms with Gasteiger partial charge in [-0.2, -0.15) is 13.2 Å². The molecule has 1 aromatic carbocycles. The Bertz CT molecular complexity index is 536. The molecule has 0 spiro atoms. The summed E-state index contributed by atoms with van der Waals surface area (Å²) in [5.41, 5.74) is -0.274. The molecule has 1 atom stereocenters. The minimum Gasteiger partial charge on any atom is -0.314 e. The normalized spacial score (nSPS) is 21.6. The van der Waals surface area contributed by atoms with Crippen LogP contribution in [0.25, 0.3) is 0 Å². The summed E-state index contributed by atoms with van der Waals surface area (Å²) in [5, 5.41) is 3.54. The molecule has 2 aliphatic rings. The van der Waals surface area contributed by atoms with E-state index in [9.17, 15) is 13.2 Å². The van der Waals surface area contributed by atoms with Crippen molar-refractivity contribution in [2.75, 3.05) is 26.2 Å². The molecule has 1 aromatic rings. The van der Waals surface area contributed by atoms with E-state index in [1.807, 2.05) is 0 Å². The van der Waals surface area contributed by atoms with E-state index in [1.165, 1.54) is 18.6 Å². The van der Waals surface area contributed by atoms with Gasteiger partial charge in [0.05, 0.1) is 5.56 Å². The number of rotatable bonds is 3. The first-order valence-electron chi connectivity index (χ1n) is 8.79. The zero-order valence-electron chi connectivity index (χ0n) is 14.1. The van der Waals surface area contributed by atoms with Gasteiger partial charge in [-0.25, -0.2) is 0 Å². The number of hydrogen-bond acceptors (Lipinski definition) is 2. The lowest BCUT2D eigenvalue weighted by atomic mass is 9.79. The minimum absolute atomic E-state index is 0. The smallest absolute Gasteiger partial charge is 0.314 e. The van der Waals surface area contributed by atoms with Crippen molar-refractivity contribution >= 4 is 24.0 Å². The van der Waals surface area contributed by atoms with Crippen LogP contribution in [0.2, 0.25) is 5.02 Å². The first kappa shape index (κ1) is 20.8. The molecule has 1 heterocycles. The first-order valence-corrected chi connectivity index (χ1v) is 9.16. The van der Waals surface area contributed by atoms with Crippen molar-refractivity contribution in [3.05, 3.63) is 34.3 Å². The van der Waals surface area contributed by atoms with Crippen LogP contribution in [-0.4, -0.2) is 31.1 Å². The fraction of sp³-hybridized carbons (Fsp3) is 0.667. The number of piperazine rings is 1. The Hall–Kier alpha value is -0.490. The molecule has 0 aromatic heterocycles. The predicted octanol–water partition coefficient (Wildman–Crippen LogP) is 5.31. The van der Waals surface area contributed by atoms with Crippen LogP contribution < -0.4 is 5.32 Å². The molecule has 142 valence electrons. The molecule has 3 rings (SSSR count). The molecule has 0 amide bonds. The maximum atomic E-state index is 13.6. The molecule has 1 N–H and O–H groups in total. The SMILES string of the molecule is Cl.FC(F)(F)c1cccc(Cl)c1[C@@H](C1CCCCC1)N1CCNCC1. The molecule has 7 heteroatoms. The number of alkyl halides is 3. The lowest BCUT2D eigenvalue weighted by Crippen LogP contribution is -2.47. The van der Waals surface area contributed by atoms with Gasteiger partial charge >= 0.3 is 6.18 Å². The van der Waals surface area contributed by atoms with E-state index in [4.69, 9.17) is 11.6 Å². The van der Waals surface area contributed by atoms with Crippen LogP contribution in [0.4, 0.5) is 13.2 Å². The maximum absolute atomic E-state index is 13.6. The second-order valence-corrected chi connectivity index (χ2v) is 7.23. The third kappa shape index (κ3) is 4.82. The van der Waals surface area contributed by atoms with Gasteiger partial charge in [0.1, 0.15) is 0 Å². The highest BCUT2D eigenvalue weighted by atomic mass is 35.5. The van der Waals surface area contributed by atoms with Crippen LogP contribution in [0.3, 0.4) is 0 Å². The summed E-state index contributed by atoms with van der Waals surface area (Å²) in [6.07, 6.45) is 0.965. The molecular formula is C18H25Cl2F3N2. The van der Waals surface area contributed by atoms with E-state index in [-0.39, 0.29) is 29.4 Å². The van der Waals surface area contributed by atoms with Gasteiger partial charge in [-0.1, -0.05) is 36.9 Å². The van der Waals surface area contributed by atoms with Crippen LogP contribution in [0, 0.1) is 5.92 Å². The van der Waals surface area contributed by atoms with E-state index in [2.05, 4.69) is 10.2 Å². The highest BCUT2D eigenvalue weighted by molar-refractivity contribution is 6.31. The number of benzene rings is 1. The van der Waals surface area contributed by atoms with Crippen LogP contribution in [0.15, 0.2) is 18.2 Å². The quantitative estimate of drug-likeness (QED) is 0.744. The monoisotopic (exact) mass is 396 g/mol. The standard InChI is InChI=1S/C18H24ClF3N2.ClH/c19-15-8-4-7-14(18(20,21)22)16(15)17(13-5-2-1-3-6-13)24-11-9-23-10-12-24;/h4,7-8,13,17,23H,1-3,5-6,9-12H2;1H/t17-;/m1./s1. The first-order chi connectivity index (χ1) is 11.5. The summed E-state index contributed by atoms with van der Waals surface area (Å²) >= 11 is 6.33. The largest absolute Gasteiger partial charge is 0.416 e. The zero-order chi connectivity index (χ0) is 17.2. The molecular weight excluding hydrogens is 372 g/mol. The van der Waals surface area contributed by atoms with Crippen LogP contribution in [-0.2, 0) is 6.18 Å². The lowest BCUT2D eigenvalue weighted by molar-refractivity contribution is -0.139. The Morgan fingerprint density at radius 3 is 2.32 bits per heavy atom. The predicted molar refractivity (Wildman–Crippen MR) is 97.5 cm³/mol. The van der Waals surface area contributed by atoms with Gasteiger partial charge in [0, 0.05) is 42.8 Å². The number of hydrogen-bond donors (Lipinski definition) is 1. The van der Waals surface area contributed by atoms with Gasteiger partial charge in [-0.3, -0.25) is 4.90 Å². The van der Waals surface area contributed by atoms with Gasteiger partial charge in [-0.05, 0) is 30.9 Å². The maximum Gasteiger partial charge on any atom is 0.416 e. The molecule has 1 aliphatic carbocycles. The van der Waals surface area contributed by atoms with Crippen molar-refractivity contribution in [2.45, 2.75) is 44.3 Å². The molecule has 1 aliphatic heterocycles. The summed E-state index contributed by atoms with van der Waals surface area (Å²) in [6.45, 7) is 3.16. The van der Waals surface area contributed by atoms with Gasteiger partial charge in [0.25, 0.3) is 0 Å². The molecule has 2 fully saturated rings. The zero-order valence-corrected chi connectivity index (χ0v) is 15.7. The van der Waals surface area contributed by atoms with Crippen molar-refractivity contribution in [3.63, 3.8) is 0 Å². The van der Waals surface area contributed by atoms with E-state index in [0.29, 0.717) is 5.56 Å². The summed E-state index contributed by atoms with van der Waals surface area (Å²) in [5.74, 6) is 0.248. The Balaban J connectivity index is 0.00000225. The molecule has 1 saturated heterocycles. The van der Waals surface area contributed by atoms with Crippen molar-refractivity contribution in [3.8, 4) is 0 Å². The molecule has 0 unspecified atom stereocenters. The van der Waals surface area contributed by atoms with E-state index >= 15 is 0 Å². The van der Waals surface area contributed by atoms with E-state index in [0.717, 1.165) is 51.9 Å². The number of nitrogens with zero attached hydrogens (tertiary/aromatic N) is 1. The summed E-state index contributed by atoms with van der Waals surface area (Å²) in [4.78, 5) is 2.21. The molecule has 1 saturated carbocycles. The molecule has 2 nitrogen and oxygen atoms in total. The number of nitrogens with one attached hydrogen (secondary N) is 1. The topological polar surface area (TPSA) is 15.3 Å². The average molecular weight is 397 g/mol. The lowest BCUT2D eigenvalue weighted by Gasteiger charge is -2.42. The Labute approximate surface area is 158 Å². The summed E-state index contributed by atoms with van der Waals surface area (Å²) in [6, 6.07) is 3.95. The fourth-order valence-corrected chi connectivity index (χ4v) is 4.50. The third-order valence-electron chi connectivity index (χ3n) is 5.30. The van der Waals surface area contributed by atoms with Crippen molar-refractivity contribution in [1.82, 2.24) is 10.2 Å². The molecule has 25 heavy (non-hydrogen) atoms. The van der Waals surface area contributed by atoms with Crippen molar-refractivity contribution in [1.29, 1.82) is 0 Å². The minimum atomic E-state index is -4.37. The second-order valence-electron chi connectivity index (χ2n) is 6.83. The highest BCUT2D eigenvalue weighted by Gasteiger charge is 2.40. The van der Waals surface area contributed by atoms with Gasteiger partial charge < -0.3 is 5.32 Å². The van der Waals surface area contributed by atoms with Gasteiger partial charge in [-0.15, -0.1) is 12.4 Å². The third-order valence-corrected chi connectivity index (χ3v) is 5.63. The molecule has 0 bridgehead atoms. The van der Waals surface area contributed by atoms with Crippen LogP contribution in [0.1, 0.15) is 49.3 Å². The molecule has 0 radical (unpaired) electrons. The van der Waals surface area contributed by atoms with Crippen molar-refractivity contribution in [2.24, 2.45) is 5.92 Å². The van der Waals surface area contributed by atoms with Crippen molar-refractivity contribution < 1.29 is 13.2 Å². The highest BCUT2D eigenvalue weighted by Crippen LogP contribution is 2.46. The second kappa shape index (κ2) is 8.94. The Morgan fingerprint density at radius 1 is 1.08 bits per heavy atom. The summed E-state index contributed by atoms with van der Waals surface area (Å²) in [7, 11) is 0. The Morgan fingerprint density at radius 2 is 1.72 bits per heavy atom. The van der Waals surface area contributed by atoms with Crippen LogP contribution in [0.5, 0.6) is 0 Å². The van der Waals surface area contributed by atoms with E-state index in [1.54, 1.807) is 6.07 Å². The van der Waals surface area contributed by atoms with Gasteiger partial charge in [0.2, 0.25) is 0 Å². The van der Waals surface area contributed by atoms with Crippen LogP contribution >= 0.6 is 24.0 Å². The van der Waals surface area contributed by atoms with E-state index < -0.39 is 11.7 Å². The summed E-state index contributed by atoms with van der Waals surface area (Å²) < 4.78 is 40.9. The Kier molecular flexibility index (Phi) is 7.44. The fourth-order valence-electron chi connectivity index (χ4n) is 4.21. The van der Waals surface area contributed by atoms with Gasteiger partial charge in [0.15, 0.2) is 0 Å².